The quantitative estimate of drug-likeness (QED) is 0.614. The van der Waals surface area contributed by atoms with Gasteiger partial charge < -0.3 is 9.47 Å². The van der Waals surface area contributed by atoms with Crippen molar-refractivity contribution >= 4 is 23.5 Å². The van der Waals surface area contributed by atoms with Crippen molar-refractivity contribution in [2.75, 3.05) is 7.11 Å². The molecule has 0 fully saturated rings. The van der Waals surface area contributed by atoms with Crippen LogP contribution in [0.2, 0.25) is 5.02 Å². The number of methoxy groups -OCH3 is 1. The maximum absolute atomic E-state index is 11.4. The Hall–Kier alpha value is -1.55. The number of esters is 2. The van der Waals surface area contributed by atoms with Crippen molar-refractivity contribution in [2.45, 2.75) is 19.8 Å². The summed E-state index contributed by atoms with van der Waals surface area (Å²) in [4.78, 5) is 22.2. The summed E-state index contributed by atoms with van der Waals surface area (Å²) < 4.78 is 9.52. The smallest absolute Gasteiger partial charge is 0.311 e. The van der Waals surface area contributed by atoms with Crippen molar-refractivity contribution in [3.8, 4) is 5.75 Å². The molecule has 17 heavy (non-hydrogen) atoms. The van der Waals surface area contributed by atoms with Crippen LogP contribution in [0.15, 0.2) is 18.2 Å². The highest BCUT2D eigenvalue weighted by Crippen LogP contribution is 2.22. The Kier molecular flexibility index (Phi) is 4.97. The SMILES string of the molecule is COC(=O)CCC(=O)Oc1ccc(Cl)cc1C. The molecule has 0 saturated carbocycles. The Morgan fingerprint density at radius 1 is 1.24 bits per heavy atom. The van der Waals surface area contributed by atoms with E-state index in [-0.39, 0.29) is 12.8 Å². The molecule has 0 aliphatic carbocycles. The number of hydrogen-bond donors (Lipinski definition) is 0. The van der Waals surface area contributed by atoms with Gasteiger partial charge in [-0.3, -0.25) is 9.59 Å². The summed E-state index contributed by atoms with van der Waals surface area (Å²) >= 11 is 5.77. The van der Waals surface area contributed by atoms with Gasteiger partial charge in [-0.15, -0.1) is 0 Å². The van der Waals surface area contributed by atoms with Gasteiger partial charge in [-0.05, 0) is 30.7 Å². The Labute approximate surface area is 104 Å². The van der Waals surface area contributed by atoms with Gasteiger partial charge in [-0.25, -0.2) is 0 Å². The molecule has 0 saturated heterocycles. The van der Waals surface area contributed by atoms with Gasteiger partial charge in [0.25, 0.3) is 0 Å². The molecule has 0 unspecified atom stereocenters. The molecule has 0 aliphatic rings. The van der Waals surface area contributed by atoms with Crippen LogP contribution in [-0.4, -0.2) is 19.0 Å². The lowest BCUT2D eigenvalue weighted by Crippen LogP contribution is -2.11. The van der Waals surface area contributed by atoms with Crippen LogP contribution in [0.5, 0.6) is 5.75 Å². The van der Waals surface area contributed by atoms with Crippen molar-refractivity contribution in [3.63, 3.8) is 0 Å². The molecule has 1 aromatic carbocycles. The first-order valence-corrected chi connectivity index (χ1v) is 5.44. The molecule has 5 heteroatoms. The number of carbonyl (C=O) groups is 2. The van der Waals surface area contributed by atoms with Gasteiger partial charge >= 0.3 is 11.9 Å². The van der Waals surface area contributed by atoms with E-state index in [2.05, 4.69) is 4.74 Å². The molecule has 0 heterocycles. The lowest BCUT2D eigenvalue weighted by molar-refractivity contribution is -0.144. The van der Waals surface area contributed by atoms with Gasteiger partial charge in [-0.1, -0.05) is 11.6 Å². The molecule has 0 aromatic heterocycles. The summed E-state index contributed by atoms with van der Waals surface area (Å²) in [5, 5.41) is 0.580. The third-order valence-electron chi connectivity index (χ3n) is 2.12. The number of halogens is 1. The maximum Gasteiger partial charge on any atom is 0.311 e. The number of carbonyl (C=O) groups excluding carboxylic acids is 2. The molecule has 1 aromatic rings. The maximum atomic E-state index is 11.4. The largest absolute Gasteiger partial charge is 0.469 e. The van der Waals surface area contributed by atoms with Gasteiger partial charge in [-0.2, -0.15) is 0 Å². The highest BCUT2D eigenvalue weighted by molar-refractivity contribution is 6.30. The average Bonchev–Trinajstić information content (AvgIpc) is 2.29. The Balaban J connectivity index is 2.53. The summed E-state index contributed by atoms with van der Waals surface area (Å²) in [5.74, 6) is -0.458. The van der Waals surface area contributed by atoms with Crippen LogP contribution in [0.1, 0.15) is 18.4 Å². The molecule has 0 aliphatic heterocycles. The van der Waals surface area contributed by atoms with Crippen molar-refractivity contribution in [2.24, 2.45) is 0 Å². The number of rotatable bonds is 4. The molecule has 0 amide bonds. The summed E-state index contributed by atoms with van der Waals surface area (Å²) in [5.41, 5.74) is 0.768. The van der Waals surface area contributed by atoms with Crippen molar-refractivity contribution in [1.29, 1.82) is 0 Å². The highest BCUT2D eigenvalue weighted by Gasteiger charge is 2.10. The fraction of sp³-hybridized carbons (Fsp3) is 0.333. The van der Waals surface area contributed by atoms with Gasteiger partial charge in [0.2, 0.25) is 0 Å². The van der Waals surface area contributed by atoms with Crippen LogP contribution in [-0.2, 0) is 14.3 Å². The Morgan fingerprint density at radius 2 is 1.88 bits per heavy atom. The fourth-order valence-electron chi connectivity index (χ4n) is 1.21. The standard InChI is InChI=1S/C12H13ClO4/c1-8-7-9(13)3-4-10(8)17-12(15)6-5-11(14)16-2/h3-4,7H,5-6H2,1-2H3. The van der Waals surface area contributed by atoms with Gasteiger partial charge in [0.1, 0.15) is 5.75 Å². The van der Waals surface area contributed by atoms with Gasteiger partial charge in [0, 0.05) is 5.02 Å². The van der Waals surface area contributed by atoms with E-state index in [0.29, 0.717) is 10.8 Å². The Morgan fingerprint density at radius 3 is 2.47 bits per heavy atom. The van der Waals surface area contributed by atoms with Crippen molar-refractivity contribution in [3.05, 3.63) is 28.8 Å². The summed E-state index contributed by atoms with van der Waals surface area (Å²) in [6, 6.07) is 4.95. The lowest BCUT2D eigenvalue weighted by Gasteiger charge is -2.07. The van der Waals surface area contributed by atoms with E-state index in [9.17, 15) is 9.59 Å². The molecule has 1 rings (SSSR count). The molecule has 4 nitrogen and oxygen atoms in total. The zero-order chi connectivity index (χ0) is 12.8. The van der Waals surface area contributed by atoms with Gasteiger partial charge in [0.15, 0.2) is 0 Å². The monoisotopic (exact) mass is 256 g/mol. The van der Waals surface area contributed by atoms with Crippen LogP contribution in [0.3, 0.4) is 0 Å². The van der Waals surface area contributed by atoms with Crippen LogP contribution >= 0.6 is 11.6 Å². The van der Waals surface area contributed by atoms with Crippen molar-refractivity contribution < 1.29 is 19.1 Å². The highest BCUT2D eigenvalue weighted by atomic mass is 35.5. The first-order valence-electron chi connectivity index (χ1n) is 5.06. The number of hydrogen-bond acceptors (Lipinski definition) is 4. The molecule has 0 bridgehead atoms. The number of benzene rings is 1. The molecule has 0 N–H and O–H groups in total. The second-order valence-corrected chi connectivity index (χ2v) is 3.90. The van der Waals surface area contributed by atoms with E-state index in [1.54, 1.807) is 25.1 Å². The van der Waals surface area contributed by atoms with E-state index in [4.69, 9.17) is 16.3 Å². The third-order valence-corrected chi connectivity index (χ3v) is 2.36. The average molecular weight is 257 g/mol. The minimum absolute atomic E-state index is 0.00522. The van der Waals surface area contributed by atoms with Crippen LogP contribution in [0.25, 0.3) is 0 Å². The van der Waals surface area contributed by atoms with E-state index in [1.165, 1.54) is 7.11 Å². The summed E-state index contributed by atoms with van der Waals surface area (Å²) in [6.45, 7) is 1.79. The molecular formula is C12H13ClO4. The minimum Gasteiger partial charge on any atom is -0.469 e. The topological polar surface area (TPSA) is 52.6 Å². The van der Waals surface area contributed by atoms with E-state index in [1.807, 2.05) is 0 Å². The predicted molar refractivity (Wildman–Crippen MR) is 63.1 cm³/mol. The van der Waals surface area contributed by atoms with Crippen LogP contribution in [0.4, 0.5) is 0 Å². The predicted octanol–water partition coefficient (Wildman–Crippen LogP) is 2.51. The van der Waals surface area contributed by atoms with Gasteiger partial charge in [0.05, 0.1) is 20.0 Å². The normalized spacial score (nSPS) is 9.82. The summed E-state index contributed by atoms with van der Waals surface area (Å²) in [6.07, 6.45) is 0.0106. The fourth-order valence-corrected chi connectivity index (χ4v) is 1.43. The van der Waals surface area contributed by atoms with Crippen molar-refractivity contribution in [1.82, 2.24) is 0 Å². The second-order valence-electron chi connectivity index (χ2n) is 3.46. The number of aryl methyl sites for hydroxylation is 1. The molecule has 92 valence electrons. The van der Waals surface area contributed by atoms with Crippen LogP contribution < -0.4 is 4.74 Å². The van der Waals surface area contributed by atoms with E-state index in [0.717, 1.165) is 5.56 Å². The zero-order valence-electron chi connectivity index (χ0n) is 9.66. The first-order chi connectivity index (χ1) is 8.02. The molecule has 0 radical (unpaired) electrons. The first kappa shape index (κ1) is 13.5. The minimum atomic E-state index is -0.471. The molecular weight excluding hydrogens is 244 g/mol. The molecule has 0 spiro atoms. The Bertz CT molecular complexity index is 429. The zero-order valence-corrected chi connectivity index (χ0v) is 10.4. The number of ether oxygens (including phenoxy) is 2. The lowest BCUT2D eigenvalue weighted by atomic mass is 10.2. The summed E-state index contributed by atoms with van der Waals surface area (Å²) in [7, 11) is 1.27. The van der Waals surface area contributed by atoms with E-state index < -0.39 is 11.9 Å². The van der Waals surface area contributed by atoms with E-state index >= 15 is 0 Å². The third kappa shape index (κ3) is 4.44. The molecule has 0 atom stereocenters. The second kappa shape index (κ2) is 6.25. The van der Waals surface area contributed by atoms with Crippen LogP contribution in [0, 0.1) is 6.92 Å².